The molecule has 0 radical (unpaired) electrons. The zero-order valence-corrected chi connectivity index (χ0v) is 25.2. The van der Waals surface area contributed by atoms with E-state index >= 15 is 0 Å². The summed E-state index contributed by atoms with van der Waals surface area (Å²) >= 11 is 0. The molecule has 0 saturated carbocycles. The molecular formula is C44H30N2. The van der Waals surface area contributed by atoms with Crippen LogP contribution in [0.2, 0.25) is 0 Å². The molecular weight excluding hydrogens is 556 g/mol. The van der Waals surface area contributed by atoms with Crippen molar-refractivity contribution in [3.05, 3.63) is 182 Å². The van der Waals surface area contributed by atoms with Crippen LogP contribution < -0.4 is 4.90 Å². The average Bonchev–Trinajstić information content (AvgIpc) is 3.44. The van der Waals surface area contributed by atoms with E-state index in [1.165, 1.54) is 54.5 Å². The Labute approximate surface area is 268 Å². The molecule has 1 heterocycles. The summed E-state index contributed by atoms with van der Waals surface area (Å²) in [4.78, 5) is 2.33. The molecule has 0 bridgehead atoms. The third-order valence-electron chi connectivity index (χ3n) is 9.11. The second-order valence-corrected chi connectivity index (χ2v) is 11.9. The molecule has 0 aliphatic heterocycles. The number of aromatic nitrogens is 1. The molecule has 216 valence electrons. The van der Waals surface area contributed by atoms with E-state index in [0.29, 0.717) is 0 Å². The topological polar surface area (TPSA) is 8.17 Å². The van der Waals surface area contributed by atoms with Gasteiger partial charge in [0.1, 0.15) is 0 Å². The summed E-state index contributed by atoms with van der Waals surface area (Å²) in [7, 11) is 0. The van der Waals surface area contributed by atoms with Crippen molar-refractivity contribution in [1.29, 1.82) is 0 Å². The number of anilines is 3. The number of benzene rings is 8. The Kier molecular flexibility index (Phi) is 6.17. The zero-order valence-electron chi connectivity index (χ0n) is 25.2. The molecule has 2 heteroatoms. The Balaban J connectivity index is 1.14. The molecule has 0 amide bonds. The summed E-state index contributed by atoms with van der Waals surface area (Å²) in [5.74, 6) is 0. The van der Waals surface area contributed by atoms with Crippen LogP contribution >= 0.6 is 0 Å². The minimum Gasteiger partial charge on any atom is -0.310 e. The second kappa shape index (κ2) is 10.8. The van der Waals surface area contributed by atoms with Gasteiger partial charge >= 0.3 is 0 Å². The maximum atomic E-state index is 2.41. The van der Waals surface area contributed by atoms with Gasteiger partial charge in [-0.1, -0.05) is 115 Å². The predicted octanol–water partition coefficient (Wildman–Crippen LogP) is 12.2. The van der Waals surface area contributed by atoms with Crippen LogP contribution in [0.15, 0.2) is 182 Å². The van der Waals surface area contributed by atoms with Crippen LogP contribution in [0.25, 0.3) is 60.2 Å². The molecule has 9 aromatic rings. The summed E-state index contributed by atoms with van der Waals surface area (Å²) in [5, 5.41) is 7.53. The summed E-state index contributed by atoms with van der Waals surface area (Å²) < 4.78 is 2.41. The van der Waals surface area contributed by atoms with Crippen molar-refractivity contribution in [2.45, 2.75) is 0 Å². The first-order chi connectivity index (χ1) is 22.8. The predicted molar refractivity (Wildman–Crippen MR) is 196 cm³/mol. The van der Waals surface area contributed by atoms with E-state index in [0.717, 1.165) is 22.7 Å². The number of hydrogen-bond acceptors (Lipinski definition) is 1. The standard InChI is InChI=1S/C44H30N2/c1-2-16-37(17-3-1)45(40-26-23-31-11-4-5-12-33(31)28-40)38-24-21-32(22-25-38)34-15-10-18-39(27-34)46-43-20-9-8-19-41(43)42-29-35-13-6-7-14-36(35)30-44(42)46/h1-30H. The monoisotopic (exact) mass is 586 g/mol. The van der Waals surface area contributed by atoms with E-state index < -0.39 is 0 Å². The highest BCUT2D eigenvalue weighted by atomic mass is 15.1. The van der Waals surface area contributed by atoms with Crippen molar-refractivity contribution >= 4 is 60.4 Å². The Morgan fingerprint density at radius 2 is 0.957 bits per heavy atom. The summed E-state index contributed by atoms with van der Waals surface area (Å²) in [5.41, 5.74) is 9.36. The fraction of sp³-hybridized carbons (Fsp3) is 0. The smallest absolute Gasteiger partial charge is 0.0547 e. The highest BCUT2D eigenvalue weighted by molar-refractivity contribution is 6.13. The first kappa shape index (κ1) is 26.3. The van der Waals surface area contributed by atoms with Gasteiger partial charge < -0.3 is 9.47 Å². The Morgan fingerprint density at radius 3 is 1.76 bits per heavy atom. The molecule has 8 aromatic carbocycles. The molecule has 0 atom stereocenters. The van der Waals surface area contributed by atoms with Crippen LogP contribution in [-0.4, -0.2) is 4.57 Å². The van der Waals surface area contributed by atoms with Crippen molar-refractivity contribution < 1.29 is 0 Å². The molecule has 0 aliphatic rings. The minimum atomic E-state index is 1.12. The van der Waals surface area contributed by atoms with Crippen molar-refractivity contribution in [3.8, 4) is 16.8 Å². The number of rotatable bonds is 5. The first-order valence-corrected chi connectivity index (χ1v) is 15.8. The molecule has 0 N–H and O–H groups in total. The lowest BCUT2D eigenvalue weighted by molar-refractivity contribution is 1.18. The molecule has 1 aromatic heterocycles. The van der Waals surface area contributed by atoms with Crippen LogP contribution in [-0.2, 0) is 0 Å². The van der Waals surface area contributed by atoms with Gasteiger partial charge in [0.2, 0.25) is 0 Å². The van der Waals surface area contributed by atoms with Crippen molar-refractivity contribution in [3.63, 3.8) is 0 Å². The zero-order chi connectivity index (χ0) is 30.5. The van der Waals surface area contributed by atoms with Crippen molar-refractivity contribution in [1.82, 2.24) is 4.57 Å². The van der Waals surface area contributed by atoms with E-state index in [2.05, 4.69) is 191 Å². The molecule has 0 aliphatic carbocycles. The first-order valence-electron chi connectivity index (χ1n) is 15.8. The number of nitrogens with zero attached hydrogens (tertiary/aromatic N) is 2. The molecule has 9 rings (SSSR count). The van der Waals surface area contributed by atoms with Gasteiger partial charge in [0, 0.05) is 33.5 Å². The van der Waals surface area contributed by atoms with Gasteiger partial charge in [0.25, 0.3) is 0 Å². The molecule has 0 spiro atoms. The maximum Gasteiger partial charge on any atom is 0.0547 e. The largest absolute Gasteiger partial charge is 0.310 e. The van der Waals surface area contributed by atoms with Gasteiger partial charge in [0.05, 0.1) is 11.0 Å². The molecule has 2 nitrogen and oxygen atoms in total. The number of hydrogen-bond donors (Lipinski definition) is 0. The third kappa shape index (κ3) is 4.43. The molecule has 0 saturated heterocycles. The fourth-order valence-electron chi connectivity index (χ4n) is 6.90. The summed E-state index contributed by atoms with van der Waals surface area (Å²) in [6.07, 6.45) is 0. The Morgan fingerprint density at radius 1 is 0.326 bits per heavy atom. The van der Waals surface area contributed by atoms with Gasteiger partial charge in [-0.3, -0.25) is 0 Å². The normalized spacial score (nSPS) is 11.5. The Bertz CT molecular complexity index is 2520. The van der Waals surface area contributed by atoms with Gasteiger partial charge in [-0.15, -0.1) is 0 Å². The van der Waals surface area contributed by atoms with E-state index in [9.17, 15) is 0 Å². The average molecular weight is 587 g/mol. The lowest BCUT2D eigenvalue weighted by Gasteiger charge is -2.26. The van der Waals surface area contributed by atoms with E-state index in [1.807, 2.05) is 0 Å². The van der Waals surface area contributed by atoms with Crippen LogP contribution in [0.5, 0.6) is 0 Å². The molecule has 0 fully saturated rings. The molecule has 46 heavy (non-hydrogen) atoms. The Hall–Kier alpha value is -6.12. The van der Waals surface area contributed by atoms with Crippen molar-refractivity contribution in [2.24, 2.45) is 0 Å². The second-order valence-electron chi connectivity index (χ2n) is 11.9. The SMILES string of the molecule is c1ccc(N(c2ccc(-c3cccc(-n4c5ccccc5c5cc6ccccc6cc54)c3)cc2)c2ccc3ccccc3c2)cc1. The summed E-state index contributed by atoms with van der Waals surface area (Å²) in [6.45, 7) is 0. The van der Waals surface area contributed by atoms with Crippen LogP contribution in [0, 0.1) is 0 Å². The molecule has 0 unspecified atom stereocenters. The van der Waals surface area contributed by atoms with E-state index in [1.54, 1.807) is 0 Å². The fourth-order valence-corrected chi connectivity index (χ4v) is 6.90. The van der Waals surface area contributed by atoms with Gasteiger partial charge in [-0.05, 0) is 99.4 Å². The maximum absolute atomic E-state index is 2.41. The van der Waals surface area contributed by atoms with Crippen LogP contribution in [0.3, 0.4) is 0 Å². The number of para-hydroxylation sites is 2. The highest BCUT2D eigenvalue weighted by Crippen LogP contribution is 2.38. The highest BCUT2D eigenvalue weighted by Gasteiger charge is 2.15. The van der Waals surface area contributed by atoms with E-state index in [4.69, 9.17) is 0 Å². The van der Waals surface area contributed by atoms with E-state index in [-0.39, 0.29) is 0 Å². The van der Waals surface area contributed by atoms with Crippen LogP contribution in [0.4, 0.5) is 17.1 Å². The van der Waals surface area contributed by atoms with Gasteiger partial charge in [0.15, 0.2) is 0 Å². The van der Waals surface area contributed by atoms with Gasteiger partial charge in [-0.2, -0.15) is 0 Å². The minimum absolute atomic E-state index is 1.12. The number of fused-ring (bicyclic) bond motifs is 5. The van der Waals surface area contributed by atoms with Gasteiger partial charge in [-0.25, -0.2) is 0 Å². The quantitative estimate of drug-likeness (QED) is 0.195. The third-order valence-corrected chi connectivity index (χ3v) is 9.11. The van der Waals surface area contributed by atoms with Crippen LogP contribution in [0.1, 0.15) is 0 Å². The lowest BCUT2D eigenvalue weighted by atomic mass is 10.0. The van der Waals surface area contributed by atoms with Crippen molar-refractivity contribution in [2.75, 3.05) is 4.90 Å². The lowest BCUT2D eigenvalue weighted by Crippen LogP contribution is -2.09. The summed E-state index contributed by atoms with van der Waals surface area (Å²) in [6, 6.07) is 65.7.